The first-order valence-electron chi connectivity index (χ1n) is 8.27. The second-order valence-corrected chi connectivity index (χ2v) is 8.29. The molecule has 0 bridgehead atoms. The van der Waals surface area contributed by atoms with E-state index < -0.39 is 32.2 Å². The standard InChI is InChI=1S/C18H14F3N5O2S/c1-3-29(27,28)15-6-12(18(19,20)21)9-24-16(15)17-25-10-14(26(17)2)13-5-4-11(7-22)8-23-13/h4-6,8-10H,3H2,1-2H3. The van der Waals surface area contributed by atoms with Gasteiger partial charge in [0.2, 0.25) is 0 Å². The van der Waals surface area contributed by atoms with Crippen molar-refractivity contribution in [2.24, 2.45) is 7.05 Å². The number of aromatic nitrogens is 4. The molecule has 0 radical (unpaired) electrons. The number of hydrogen-bond acceptors (Lipinski definition) is 6. The van der Waals surface area contributed by atoms with Gasteiger partial charge in [-0.3, -0.25) is 9.97 Å². The van der Waals surface area contributed by atoms with Crippen LogP contribution in [0.1, 0.15) is 18.1 Å². The predicted octanol–water partition coefficient (Wildman–Crippen LogP) is 3.23. The molecular formula is C18H14F3N5O2S. The third kappa shape index (κ3) is 3.84. The first-order chi connectivity index (χ1) is 13.6. The summed E-state index contributed by atoms with van der Waals surface area (Å²) in [6.45, 7) is 1.34. The minimum absolute atomic E-state index is 0.0758. The molecule has 0 aromatic carbocycles. The van der Waals surface area contributed by atoms with Gasteiger partial charge < -0.3 is 4.57 Å². The maximum Gasteiger partial charge on any atom is 0.417 e. The number of sulfone groups is 1. The van der Waals surface area contributed by atoms with Gasteiger partial charge >= 0.3 is 6.18 Å². The Balaban J connectivity index is 2.19. The van der Waals surface area contributed by atoms with E-state index in [-0.39, 0.29) is 11.5 Å². The highest BCUT2D eigenvalue weighted by molar-refractivity contribution is 7.91. The molecule has 0 atom stereocenters. The fraction of sp³-hybridized carbons (Fsp3) is 0.222. The molecule has 0 spiro atoms. The fourth-order valence-electron chi connectivity index (χ4n) is 2.64. The zero-order chi connectivity index (χ0) is 21.4. The highest BCUT2D eigenvalue weighted by Gasteiger charge is 2.34. The van der Waals surface area contributed by atoms with Crippen LogP contribution in [0, 0.1) is 11.3 Å². The van der Waals surface area contributed by atoms with Gasteiger partial charge in [-0.1, -0.05) is 6.92 Å². The van der Waals surface area contributed by atoms with E-state index in [0.29, 0.717) is 29.2 Å². The van der Waals surface area contributed by atoms with Gasteiger partial charge in [-0.15, -0.1) is 0 Å². The van der Waals surface area contributed by atoms with Crippen LogP contribution in [-0.4, -0.2) is 33.7 Å². The number of halogens is 3. The van der Waals surface area contributed by atoms with Crippen molar-refractivity contribution in [3.63, 3.8) is 0 Å². The first kappa shape index (κ1) is 20.5. The minimum Gasteiger partial charge on any atom is -0.325 e. The Kier molecular flexibility index (Phi) is 5.15. The van der Waals surface area contributed by atoms with E-state index >= 15 is 0 Å². The first-order valence-corrected chi connectivity index (χ1v) is 9.92. The average molecular weight is 421 g/mol. The second kappa shape index (κ2) is 7.29. The summed E-state index contributed by atoms with van der Waals surface area (Å²) in [6.07, 6.45) is -1.38. The highest BCUT2D eigenvalue weighted by atomic mass is 32.2. The van der Waals surface area contributed by atoms with Crippen LogP contribution >= 0.6 is 0 Å². The van der Waals surface area contributed by atoms with Crippen molar-refractivity contribution in [3.05, 3.63) is 47.9 Å². The van der Waals surface area contributed by atoms with Crippen molar-refractivity contribution < 1.29 is 21.6 Å². The molecule has 3 rings (SSSR count). The van der Waals surface area contributed by atoms with Crippen molar-refractivity contribution in [2.45, 2.75) is 18.0 Å². The summed E-state index contributed by atoms with van der Waals surface area (Å²) in [5.41, 5.74) is -0.0429. The second-order valence-electron chi connectivity index (χ2n) is 6.04. The molecule has 0 N–H and O–H groups in total. The van der Waals surface area contributed by atoms with Gasteiger partial charge in [0.1, 0.15) is 11.8 Å². The normalized spacial score (nSPS) is 12.0. The van der Waals surface area contributed by atoms with Gasteiger partial charge in [-0.25, -0.2) is 13.4 Å². The monoisotopic (exact) mass is 421 g/mol. The molecule has 0 saturated carbocycles. The summed E-state index contributed by atoms with van der Waals surface area (Å²) in [6, 6.07) is 5.67. The van der Waals surface area contributed by atoms with Crippen LogP contribution in [0.15, 0.2) is 41.7 Å². The molecule has 3 aromatic rings. The van der Waals surface area contributed by atoms with Gasteiger partial charge in [0.25, 0.3) is 0 Å². The van der Waals surface area contributed by atoms with E-state index in [4.69, 9.17) is 5.26 Å². The largest absolute Gasteiger partial charge is 0.417 e. The zero-order valence-corrected chi connectivity index (χ0v) is 16.1. The van der Waals surface area contributed by atoms with Crippen LogP contribution in [0.2, 0.25) is 0 Å². The molecular weight excluding hydrogens is 407 g/mol. The number of alkyl halides is 3. The topological polar surface area (TPSA) is 102 Å². The van der Waals surface area contributed by atoms with Crippen LogP contribution < -0.4 is 0 Å². The van der Waals surface area contributed by atoms with Crippen molar-refractivity contribution in [1.29, 1.82) is 5.26 Å². The van der Waals surface area contributed by atoms with Gasteiger partial charge in [-0.05, 0) is 18.2 Å². The maximum absolute atomic E-state index is 13.1. The van der Waals surface area contributed by atoms with Crippen LogP contribution in [-0.2, 0) is 23.1 Å². The number of hydrogen-bond donors (Lipinski definition) is 0. The highest BCUT2D eigenvalue weighted by Crippen LogP contribution is 2.34. The Morgan fingerprint density at radius 1 is 1.14 bits per heavy atom. The number of pyridine rings is 2. The fourth-order valence-corrected chi connectivity index (χ4v) is 3.70. The van der Waals surface area contributed by atoms with Crippen LogP contribution in [0.5, 0.6) is 0 Å². The van der Waals surface area contributed by atoms with Crippen molar-refractivity contribution in [1.82, 2.24) is 19.5 Å². The minimum atomic E-state index is -4.73. The molecule has 0 aliphatic heterocycles. The van der Waals surface area contributed by atoms with Crippen LogP contribution in [0.3, 0.4) is 0 Å². The Morgan fingerprint density at radius 3 is 2.41 bits per heavy atom. The van der Waals surface area contributed by atoms with Crippen LogP contribution in [0.25, 0.3) is 22.9 Å². The zero-order valence-electron chi connectivity index (χ0n) is 15.3. The lowest BCUT2D eigenvalue weighted by Crippen LogP contribution is -2.13. The lowest BCUT2D eigenvalue weighted by molar-refractivity contribution is -0.138. The molecule has 0 saturated heterocycles. The van der Waals surface area contributed by atoms with Gasteiger partial charge in [-0.2, -0.15) is 18.4 Å². The number of rotatable bonds is 4. The number of nitrogens with zero attached hydrogens (tertiary/aromatic N) is 5. The molecule has 3 aromatic heterocycles. The molecule has 29 heavy (non-hydrogen) atoms. The summed E-state index contributed by atoms with van der Waals surface area (Å²) in [5.74, 6) is -0.316. The maximum atomic E-state index is 13.1. The molecule has 11 heteroatoms. The number of nitriles is 1. The van der Waals surface area contributed by atoms with Crippen molar-refractivity contribution in [2.75, 3.05) is 5.75 Å². The molecule has 3 heterocycles. The summed E-state index contributed by atoms with van der Waals surface area (Å²) < 4.78 is 65.6. The van der Waals surface area contributed by atoms with E-state index in [1.165, 1.54) is 23.9 Å². The van der Waals surface area contributed by atoms with Crippen molar-refractivity contribution >= 4 is 9.84 Å². The Labute approximate surface area is 164 Å². The Morgan fingerprint density at radius 2 is 1.86 bits per heavy atom. The van der Waals surface area contributed by atoms with Crippen molar-refractivity contribution in [3.8, 4) is 29.0 Å². The molecule has 7 nitrogen and oxygen atoms in total. The predicted molar refractivity (Wildman–Crippen MR) is 97.1 cm³/mol. The van der Waals surface area contributed by atoms with Gasteiger partial charge in [0.15, 0.2) is 15.7 Å². The Hall–Kier alpha value is -3.26. The molecule has 0 aliphatic carbocycles. The SMILES string of the molecule is CCS(=O)(=O)c1cc(C(F)(F)F)cnc1-c1ncc(-c2ccc(C#N)cn2)n1C. The molecule has 0 aliphatic rings. The molecule has 0 amide bonds. The van der Waals surface area contributed by atoms with E-state index in [1.54, 1.807) is 19.2 Å². The summed E-state index contributed by atoms with van der Waals surface area (Å²) in [4.78, 5) is 11.5. The quantitative estimate of drug-likeness (QED) is 0.641. The molecule has 0 fully saturated rings. The lowest BCUT2D eigenvalue weighted by atomic mass is 10.2. The van der Waals surface area contributed by atoms with Gasteiger partial charge in [0.05, 0.1) is 39.4 Å². The van der Waals surface area contributed by atoms with E-state index in [1.807, 2.05) is 6.07 Å². The molecule has 0 unspecified atom stereocenters. The van der Waals surface area contributed by atoms with Gasteiger partial charge in [0, 0.05) is 19.4 Å². The van der Waals surface area contributed by atoms with E-state index in [0.717, 1.165) is 0 Å². The Bertz CT molecular complexity index is 1210. The lowest BCUT2D eigenvalue weighted by Gasteiger charge is -2.13. The summed E-state index contributed by atoms with van der Waals surface area (Å²) >= 11 is 0. The van der Waals surface area contributed by atoms with E-state index in [9.17, 15) is 21.6 Å². The smallest absolute Gasteiger partial charge is 0.325 e. The molecule has 150 valence electrons. The average Bonchev–Trinajstić information content (AvgIpc) is 3.08. The number of imidazole rings is 1. The summed E-state index contributed by atoms with van der Waals surface area (Å²) in [7, 11) is -2.44. The third-order valence-corrected chi connectivity index (χ3v) is 5.99. The summed E-state index contributed by atoms with van der Waals surface area (Å²) in [5, 5.41) is 8.86. The van der Waals surface area contributed by atoms with E-state index in [2.05, 4.69) is 15.0 Å². The third-order valence-electron chi connectivity index (χ3n) is 4.25. The van der Waals surface area contributed by atoms with Crippen LogP contribution in [0.4, 0.5) is 13.2 Å².